The summed E-state index contributed by atoms with van der Waals surface area (Å²) in [5.74, 6) is 0.790. The Balaban J connectivity index is 1.85. The van der Waals surface area contributed by atoms with E-state index in [4.69, 9.17) is 17.3 Å². The molecular formula is C13H20ClN5. The van der Waals surface area contributed by atoms with Gasteiger partial charge in [0.15, 0.2) is 5.82 Å². The fourth-order valence-corrected chi connectivity index (χ4v) is 3.37. The zero-order valence-electron chi connectivity index (χ0n) is 11.2. The van der Waals surface area contributed by atoms with Crippen LogP contribution in [0.4, 0.5) is 11.5 Å². The third kappa shape index (κ3) is 2.49. The Kier molecular flexibility index (Phi) is 3.50. The zero-order valence-corrected chi connectivity index (χ0v) is 12.0. The minimum Gasteiger partial charge on any atom is -0.394 e. The van der Waals surface area contributed by atoms with Crippen molar-refractivity contribution in [3.63, 3.8) is 0 Å². The predicted molar refractivity (Wildman–Crippen MR) is 77.5 cm³/mol. The van der Waals surface area contributed by atoms with Crippen LogP contribution < -0.4 is 10.6 Å². The highest BCUT2D eigenvalue weighted by Gasteiger charge is 2.34. The molecule has 2 unspecified atom stereocenters. The number of fused-ring (bicyclic) bond motifs is 1. The second-order valence-electron chi connectivity index (χ2n) is 5.56. The molecule has 2 fully saturated rings. The van der Waals surface area contributed by atoms with Crippen LogP contribution >= 0.6 is 11.6 Å². The molecule has 2 saturated heterocycles. The Labute approximate surface area is 118 Å². The van der Waals surface area contributed by atoms with Gasteiger partial charge in [0.1, 0.15) is 0 Å². The molecule has 2 aliphatic rings. The van der Waals surface area contributed by atoms with Crippen molar-refractivity contribution in [1.82, 2.24) is 14.9 Å². The molecule has 5 nitrogen and oxygen atoms in total. The molecule has 0 saturated carbocycles. The van der Waals surface area contributed by atoms with Crippen LogP contribution in [0.2, 0.25) is 5.28 Å². The summed E-state index contributed by atoms with van der Waals surface area (Å²) in [4.78, 5) is 13.1. The van der Waals surface area contributed by atoms with Gasteiger partial charge in [-0.1, -0.05) is 6.42 Å². The Morgan fingerprint density at radius 3 is 3.05 bits per heavy atom. The highest BCUT2D eigenvalue weighted by molar-refractivity contribution is 6.28. The molecule has 6 heteroatoms. The van der Waals surface area contributed by atoms with Gasteiger partial charge in [-0.2, -0.15) is 4.98 Å². The molecule has 3 rings (SSSR count). The number of halogens is 1. The van der Waals surface area contributed by atoms with Crippen molar-refractivity contribution in [1.29, 1.82) is 0 Å². The van der Waals surface area contributed by atoms with Crippen LogP contribution in [-0.4, -0.2) is 46.6 Å². The fraction of sp³-hybridized carbons (Fsp3) is 0.692. The van der Waals surface area contributed by atoms with Gasteiger partial charge in [-0.15, -0.1) is 0 Å². The van der Waals surface area contributed by atoms with Gasteiger partial charge in [-0.25, -0.2) is 4.98 Å². The normalized spacial score (nSPS) is 28.2. The Morgan fingerprint density at radius 1 is 1.37 bits per heavy atom. The standard InChI is InChI=1S/C13H20ClN5/c1-9-7-18-5-3-2-4-10(18)8-19(9)12-11(15)6-16-13(14)17-12/h6,9-10H,2-5,7-8,15H2,1H3. The third-order valence-corrected chi connectivity index (χ3v) is 4.41. The number of piperidine rings is 1. The van der Waals surface area contributed by atoms with Crippen molar-refractivity contribution in [2.24, 2.45) is 0 Å². The summed E-state index contributed by atoms with van der Waals surface area (Å²) in [6.45, 7) is 5.51. The second kappa shape index (κ2) is 5.13. The number of nitrogen functional groups attached to an aromatic ring is 1. The van der Waals surface area contributed by atoms with Crippen LogP contribution in [0, 0.1) is 0 Å². The minimum atomic E-state index is 0.266. The average molecular weight is 282 g/mol. The molecule has 1 aromatic rings. The number of nitrogens with two attached hydrogens (primary N) is 1. The van der Waals surface area contributed by atoms with E-state index >= 15 is 0 Å². The van der Waals surface area contributed by atoms with Gasteiger partial charge in [0.25, 0.3) is 0 Å². The van der Waals surface area contributed by atoms with Gasteiger partial charge >= 0.3 is 0 Å². The van der Waals surface area contributed by atoms with E-state index in [0.29, 0.717) is 17.8 Å². The Bertz CT molecular complexity index is 466. The number of nitrogens with zero attached hydrogens (tertiary/aromatic N) is 4. The number of hydrogen-bond donors (Lipinski definition) is 1. The van der Waals surface area contributed by atoms with Crippen molar-refractivity contribution >= 4 is 23.1 Å². The van der Waals surface area contributed by atoms with Crippen molar-refractivity contribution in [3.8, 4) is 0 Å². The molecule has 2 N–H and O–H groups in total. The molecule has 0 spiro atoms. The minimum absolute atomic E-state index is 0.266. The number of hydrogen-bond acceptors (Lipinski definition) is 5. The first-order chi connectivity index (χ1) is 9.15. The lowest BCUT2D eigenvalue weighted by atomic mass is 9.97. The predicted octanol–water partition coefficient (Wildman–Crippen LogP) is 1.78. The van der Waals surface area contributed by atoms with Crippen LogP contribution in [0.1, 0.15) is 26.2 Å². The molecule has 0 radical (unpaired) electrons. The van der Waals surface area contributed by atoms with E-state index in [1.165, 1.54) is 25.8 Å². The summed E-state index contributed by atoms with van der Waals surface area (Å²) >= 11 is 5.91. The number of piperazine rings is 1. The highest BCUT2D eigenvalue weighted by Crippen LogP contribution is 2.30. The maximum absolute atomic E-state index is 6.01. The van der Waals surface area contributed by atoms with E-state index in [0.717, 1.165) is 18.9 Å². The summed E-state index contributed by atoms with van der Waals surface area (Å²) in [5, 5.41) is 0.266. The summed E-state index contributed by atoms with van der Waals surface area (Å²) in [6, 6.07) is 1.03. The second-order valence-corrected chi connectivity index (χ2v) is 5.90. The van der Waals surface area contributed by atoms with E-state index in [1.54, 1.807) is 6.20 Å². The smallest absolute Gasteiger partial charge is 0.224 e. The molecular weight excluding hydrogens is 262 g/mol. The maximum atomic E-state index is 6.01. The van der Waals surface area contributed by atoms with Crippen molar-refractivity contribution in [2.45, 2.75) is 38.3 Å². The molecule has 0 aliphatic carbocycles. The summed E-state index contributed by atoms with van der Waals surface area (Å²) < 4.78 is 0. The molecule has 0 aromatic carbocycles. The van der Waals surface area contributed by atoms with E-state index in [2.05, 4.69) is 26.7 Å². The quantitative estimate of drug-likeness (QED) is 0.795. The van der Waals surface area contributed by atoms with Crippen LogP contribution in [0.25, 0.3) is 0 Å². The lowest BCUT2D eigenvalue weighted by Crippen LogP contribution is -2.59. The van der Waals surface area contributed by atoms with E-state index < -0.39 is 0 Å². The molecule has 0 amide bonds. The van der Waals surface area contributed by atoms with E-state index in [9.17, 15) is 0 Å². The monoisotopic (exact) mass is 281 g/mol. The first-order valence-electron chi connectivity index (χ1n) is 6.94. The van der Waals surface area contributed by atoms with Gasteiger partial charge in [0, 0.05) is 25.2 Å². The van der Waals surface area contributed by atoms with Gasteiger partial charge in [0.05, 0.1) is 11.9 Å². The first kappa shape index (κ1) is 12.9. The SMILES string of the molecule is CC1CN2CCCCC2CN1c1nc(Cl)ncc1N. The van der Waals surface area contributed by atoms with Crippen molar-refractivity contribution in [2.75, 3.05) is 30.3 Å². The van der Waals surface area contributed by atoms with Crippen LogP contribution in [0.5, 0.6) is 0 Å². The Hall–Kier alpha value is -1.07. The summed E-state index contributed by atoms with van der Waals surface area (Å²) in [7, 11) is 0. The van der Waals surface area contributed by atoms with Gasteiger partial charge < -0.3 is 10.6 Å². The van der Waals surface area contributed by atoms with Gasteiger partial charge in [-0.05, 0) is 37.9 Å². The largest absolute Gasteiger partial charge is 0.394 e. The van der Waals surface area contributed by atoms with E-state index in [1.807, 2.05) is 0 Å². The number of rotatable bonds is 1. The lowest BCUT2D eigenvalue weighted by Gasteiger charge is -2.48. The average Bonchev–Trinajstić information content (AvgIpc) is 2.41. The lowest BCUT2D eigenvalue weighted by molar-refractivity contribution is 0.115. The van der Waals surface area contributed by atoms with Gasteiger partial charge in [-0.3, -0.25) is 4.90 Å². The third-order valence-electron chi connectivity index (χ3n) is 4.23. The summed E-state index contributed by atoms with van der Waals surface area (Å²) in [5.41, 5.74) is 6.62. The van der Waals surface area contributed by atoms with Crippen LogP contribution in [0.15, 0.2) is 6.20 Å². The fourth-order valence-electron chi connectivity index (χ4n) is 3.24. The molecule has 104 valence electrons. The molecule has 0 bridgehead atoms. The maximum Gasteiger partial charge on any atom is 0.224 e. The number of anilines is 2. The highest BCUT2D eigenvalue weighted by atomic mass is 35.5. The molecule has 1 aromatic heterocycles. The molecule has 2 aliphatic heterocycles. The summed E-state index contributed by atoms with van der Waals surface area (Å²) in [6.07, 6.45) is 5.51. The van der Waals surface area contributed by atoms with Crippen LogP contribution in [-0.2, 0) is 0 Å². The molecule has 19 heavy (non-hydrogen) atoms. The van der Waals surface area contributed by atoms with Crippen molar-refractivity contribution < 1.29 is 0 Å². The topological polar surface area (TPSA) is 58.3 Å². The molecule has 3 heterocycles. The van der Waals surface area contributed by atoms with E-state index in [-0.39, 0.29) is 5.28 Å². The van der Waals surface area contributed by atoms with Crippen LogP contribution in [0.3, 0.4) is 0 Å². The van der Waals surface area contributed by atoms with Crippen molar-refractivity contribution in [3.05, 3.63) is 11.5 Å². The van der Waals surface area contributed by atoms with Gasteiger partial charge in [0.2, 0.25) is 5.28 Å². The Morgan fingerprint density at radius 2 is 2.21 bits per heavy atom. The first-order valence-corrected chi connectivity index (χ1v) is 7.31. The zero-order chi connectivity index (χ0) is 13.4. The number of aromatic nitrogens is 2. The molecule has 2 atom stereocenters.